The molecule has 1 saturated carbocycles. The smallest absolute Gasteiger partial charge is 0.412 e. The normalized spacial score (nSPS) is 22.4. The van der Waals surface area contributed by atoms with Crippen LogP contribution in [0.4, 0.5) is 19.3 Å². The zero-order chi connectivity index (χ0) is 25.1. The van der Waals surface area contributed by atoms with Crippen molar-refractivity contribution in [2.45, 2.75) is 43.1 Å². The lowest BCUT2D eigenvalue weighted by atomic mass is 9.64. The monoisotopic (exact) mass is 513 g/mol. The van der Waals surface area contributed by atoms with Crippen LogP contribution in [0.5, 0.6) is 0 Å². The maximum Gasteiger partial charge on any atom is 0.412 e. The van der Waals surface area contributed by atoms with E-state index in [1.54, 1.807) is 12.1 Å². The molecule has 2 aromatic carbocycles. The Hall–Kier alpha value is -3.53. The van der Waals surface area contributed by atoms with Gasteiger partial charge in [0.2, 0.25) is 5.82 Å². The average Bonchev–Trinajstić information content (AvgIpc) is 3.31. The van der Waals surface area contributed by atoms with E-state index in [9.17, 15) is 14.0 Å². The second kappa shape index (κ2) is 8.26. The number of halogens is 3. The maximum atomic E-state index is 15.1. The minimum absolute atomic E-state index is 0.0440. The van der Waals surface area contributed by atoms with Crippen LogP contribution >= 0.6 is 11.6 Å². The lowest BCUT2D eigenvalue weighted by Gasteiger charge is -2.44. The number of likely N-dealkylation sites (tertiary alicyclic amines) is 1. The third-order valence-corrected chi connectivity index (χ3v) is 7.86. The number of hydrogen-bond acceptors (Lipinski definition) is 5. The molecule has 1 aromatic heterocycles. The van der Waals surface area contributed by atoms with E-state index in [0.717, 1.165) is 24.8 Å². The summed E-state index contributed by atoms with van der Waals surface area (Å²) in [5.41, 5.74) is -0.503. The van der Waals surface area contributed by atoms with Crippen molar-refractivity contribution >= 4 is 29.3 Å². The highest BCUT2D eigenvalue weighted by Gasteiger charge is 2.49. The number of carbonyl (C=O) groups excluding carboxylic acids is 2. The third-order valence-electron chi connectivity index (χ3n) is 7.56. The van der Waals surface area contributed by atoms with Crippen molar-refractivity contribution < 1.29 is 23.1 Å². The van der Waals surface area contributed by atoms with Gasteiger partial charge in [0.15, 0.2) is 11.4 Å². The zero-order valence-corrected chi connectivity index (χ0v) is 19.9. The van der Waals surface area contributed by atoms with Crippen LogP contribution in [0.15, 0.2) is 36.4 Å². The molecule has 2 amide bonds. The Balaban J connectivity index is 1.30. The summed E-state index contributed by atoms with van der Waals surface area (Å²) in [6, 6.07) is 9.18. The number of rotatable bonds is 3. The molecule has 3 aromatic rings. The summed E-state index contributed by atoms with van der Waals surface area (Å²) in [7, 11) is 0. The Kier molecular flexibility index (Phi) is 5.26. The molecule has 2 N–H and O–H groups in total. The number of nitrogens with zero attached hydrogens (tertiary/aromatic N) is 3. The molecule has 1 spiro atoms. The summed E-state index contributed by atoms with van der Waals surface area (Å²) >= 11 is 6.04. The molecule has 0 unspecified atom stereocenters. The van der Waals surface area contributed by atoms with Gasteiger partial charge in [0.05, 0.1) is 28.2 Å². The van der Waals surface area contributed by atoms with Gasteiger partial charge in [-0.05, 0) is 55.5 Å². The number of H-pyrrole nitrogens is 1. The lowest BCUT2D eigenvalue weighted by Crippen LogP contribution is -2.53. The highest BCUT2D eigenvalue weighted by molar-refractivity contribution is 6.31. The molecule has 11 heteroatoms. The summed E-state index contributed by atoms with van der Waals surface area (Å²) < 4.78 is 34.2. The van der Waals surface area contributed by atoms with E-state index >= 15 is 4.39 Å². The molecule has 1 saturated heterocycles. The van der Waals surface area contributed by atoms with E-state index in [1.165, 1.54) is 29.2 Å². The first-order chi connectivity index (χ1) is 17.3. The number of anilines is 1. The number of hydrogen-bond donors (Lipinski definition) is 2. The van der Waals surface area contributed by atoms with Gasteiger partial charge in [0.1, 0.15) is 11.6 Å². The fourth-order valence-corrected chi connectivity index (χ4v) is 5.79. The van der Waals surface area contributed by atoms with E-state index in [0.29, 0.717) is 25.2 Å². The Labute approximate surface area is 210 Å². The number of fused-ring (bicyclic) bond motifs is 2. The Morgan fingerprint density at radius 1 is 1.06 bits per heavy atom. The molecule has 3 heterocycles. The molecule has 6 rings (SSSR count). The quantitative estimate of drug-likeness (QED) is 0.519. The van der Waals surface area contributed by atoms with Crippen molar-refractivity contribution in [2.24, 2.45) is 0 Å². The van der Waals surface area contributed by atoms with Gasteiger partial charge in [-0.1, -0.05) is 30.2 Å². The fraction of sp³-hybridized carbons (Fsp3) is 0.360. The molecule has 0 radical (unpaired) electrons. The van der Waals surface area contributed by atoms with Crippen LogP contribution in [0.3, 0.4) is 0 Å². The number of aromatic amines is 1. The van der Waals surface area contributed by atoms with Crippen LogP contribution in [-0.4, -0.2) is 45.2 Å². The van der Waals surface area contributed by atoms with Crippen LogP contribution in [0.2, 0.25) is 5.02 Å². The number of amides is 2. The number of benzene rings is 2. The van der Waals surface area contributed by atoms with Gasteiger partial charge in [0.25, 0.3) is 5.91 Å². The fourth-order valence-electron chi connectivity index (χ4n) is 5.63. The predicted octanol–water partition coefficient (Wildman–Crippen LogP) is 4.90. The van der Waals surface area contributed by atoms with Crippen LogP contribution < -0.4 is 5.32 Å². The summed E-state index contributed by atoms with van der Waals surface area (Å²) in [4.78, 5) is 30.3. The second-order valence-electron chi connectivity index (χ2n) is 9.59. The minimum atomic E-state index is -1.37. The molecule has 1 aliphatic carbocycles. The molecule has 1 atom stereocenters. The van der Waals surface area contributed by atoms with Crippen LogP contribution in [0, 0.1) is 11.6 Å². The predicted molar refractivity (Wildman–Crippen MR) is 126 cm³/mol. The molecule has 8 nitrogen and oxygen atoms in total. The molecule has 2 aliphatic heterocycles. The van der Waals surface area contributed by atoms with E-state index in [2.05, 4.69) is 20.5 Å². The SMILES string of the molecule is O=C1Nc2ccc(Cl)c(F)c2[C@@]2(CCCN(C(=O)c3nnc(C4(c5ccc(F)cc5)CCC4)[nH]3)C2)O1. The molecule has 186 valence electrons. The first-order valence-electron chi connectivity index (χ1n) is 11.8. The Morgan fingerprint density at radius 3 is 2.56 bits per heavy atom. The van der Waals surface area contributed by atoms with Gasteiger partial charge in [-0.15, -0.1) is 10.2 Å². The standard InChI is InChI=1S/C25H22ClF2N5O3/c26-16-7-8-17-18(19(16)28)25(36-23(35)29-17)11-2-12-33(13-25)21(34)20-30-22(32-31-20)24(9-1-10-24)14-3-5-15(27)6-4-14/h3-8H,1-2,9-13H2,(H,29,35)(H,30,31,32)/t25-/m0/s1. The number of carbonyl (C=O) groups is 2. The number of ether oxygens (including phenoxy) is 1. The summed E-state index contributed by atoms with van der Waals surface area (Å²) in [5, 5.41) is 10.8. The minimum Gasteiger partial charge on any atom is -0.436 e. The van der Waals surface area contributed by atoms with Crippen molar-refractivity contribution in [3.8, 4) is 0 Å². The van der Waals surface area contributed by atoms with Gasteiger partial charge in [-0.2, -0.15) is 0 Å². The third kappa shape index (κ3) is 3.46. The molecule has 0 bridgehead atoms. The van der Waals surface area contributed by atoms with Crippen molar-refractivity contribution in [2.75, 3.05) is 18.4 Å². The topological polar surface area (TPSA) is 100 Å². The first kappa shape index (κ1) is 22.9. The van der Waals surface area contributed by atoms with E-state index < -0.39 is 28.8 Å². The molecule has 3 aliphatic rings. The van der Waals surface area contributed by atoms with Gasteiger partial charge in [0, 0.05) is 6.54 Å². The second-order valence-corrected chi connectivity index (χ2v) is 9.99. The highest BCUT2D eigenvalue weighted by Crippen LogP contribution is 2.48. The molecular formula is C25H22ClF2N5O3. The largest absolute Gasteiger partial charge is 0.436 e. The zero-order valence-electron chi connectivity index (χ0n) is 19.1. The number of aromatic nitrogens is 3. The van der Waals surface area contributed by atoms with Gasteiger partial charge in [-0.25, -0.2) is 13.6 Å². The molecule has 36 heavy (non-hydrogen) atoms. The van der Waals surface area contributed by atoms with Crippen molar-refractivity contribution in [3.63, 3.8) is 0 Å². The molecular weight excluding hydrogens is 492 g/mol. The first-order valence-corrected chi connectivity index (χ1v) is 12.2. The summed E-state index contributed by atoms with van der Waals surface area (Å²) in [5.74, 6) is -0.843. The lowest BCUT2D eigenvalue weighted by molar-refractivity contribution is -0.0420. The summed E-state index contributed by atoms with van der Waals surface area (Å²) in [6.45, 7) is 0.324. The average molecular weight is 514 g/mol. The molecule has 2 fully saturated rings. The van der Waals surface area contributed by atoms with Crippen molar-refractivity contribution in [1.29, 1.82) is 0 Å². The van der Waals surface area contributed by atoms with E-state index in [1.807, 2.05) is 0 Å². The highest BCUT2D eigenvalue weighted by atomic mass is 35.5. The maximum absolute atomic E-state index is 15.1. The van der Waals surface area contributed by atoms with Crippen LogP contribution in [0.25, 0.3) is 0 Å². The summed E-state index contributed by atoms with van der Waals surface area (Å²) in [6.07, 6.45) is 2.67. The van der Waals surface area contributed by atoms with Gasteiger partial charge >= 0.3 is 6.09 Å². The number of nitrogens with one attached hydrogen (secondary N) is 2. The van der Waals surface area contributed by atoms with Crippen molar-refractivity contribution in [1.82, 2.24) is 20.1 Å². The Morgan fingerprint density at radius 2 is 1.83 bits per heavy atom. The Bertz CT molecular complexity index is 1370. The van der Waals surface area contributed by atoms with Gasteiger partial charge < -0.3 is 14.6 Å². The van der Waals surface area contributed by atoms with E-state index in [4.69, 9.17) is 16.3 Å². The van der Waals surface area contributed by atoms with Gasteiger partial charge in [-0.3, -0.25) is 10.1 Å². The number of piperidine rings is 1. The van der Waals surface area contributed by atoms with Crippen LogP contribution in [-0.2, 0) is 15.8 Å². The van der Waals surface area contributed by atoms with Crippen LogP contribution in [0.1, 0.15) is 59.7 Å². The van der Waals surface area contributed by atoms with E-state index in [-0.39, 0.29) is 34.5 Å². The van der Waals surface area contributed by atoms with Crippen molar-refractivity contribution in [3.05, 3.63) is 75.8 Å².